The monoisotopic (exact) mass is 408 g/mol. The van der Waals surface area contributed by atoms with Crippen LogP contribution in [0.4, 0.5) is 5.13 Å². The number of amides is 2. The quantitative estimate of drug-likeness (QED) is 0.592. The molecule has 3 rings (SSSR count). The Balaban J connectivity index is 1.41. The lowest BCUT2D eigenvalue weighted by atomic mass is 10.3. The molecule has 0 spiro atoms. The van der Waals surface area contributed by atoms with Gasteiger partial charge in [-0.25, -0.2) is 0 Å². The molecule has 0 radical (unpaired) electrons. The predicted octanol–water partition coefficient (Wildman–Crippen LogP) is 2.30. The van der Waals surface area contributed by atoms with Gasteiger partial charge in [-0.3, -0.25) is 14.9 Å². The molecule has 0 atom stereocenters. The Morgan fingerprint density at radius 2 is 2.00 bits per heavy atom. The number of aryl methyl sites for hydroxylation is 2. The van der Waals surface area contributed by atoms with Crippen molar-refractivity contribution >= 4 is 51.0 Å². The van der Waals surface area contributed by atoms with Crippen molar-refractivity contribution in [3.05, 3.63) is 37.4 Å². The number of aromatic nitrogens is 4. The molecule has 0 aromatic carbocycles. The molecular formula is C15H16N6O2S3. The number of rotatable bonds is 8. The molecular weight excluding hydrogens is 392 g/mol. The van der Waals surface area contributed by atoms with Crippen molar-refractivity contribution in [1.29, 1.82) is 0 Å². The van der Waals surface area contributed by atoms with Crippen LogP contribution in [0.15, 0.2) is 17.5 Å². The summed E-state index contributed by atoms with van der Waals surface area (Å²) in [5.74, 6) is -0.405. The fourth-order valence-electron chi connectivity index (χ4n) is 2.03. The van der Waals surface area contributed by atoms with Crippen molar-refractivity contribution in [3.8, 4) is 0 Å². The summed E-state index contributed by atoms with van der Waals surface area (Å²) in [7, 11) is 0. The van der Waals surface area contributed by atoms with Crippen molar-refractivity contribution in [2.45, 2.75) is 26.2 Å². The van der Waals surface area contributed by atoms with Gasteiger partial charge in [-0.1, -0.05) is 28.7 Å². The van der Waals surface area contributed by atoms with Crippen molar-refractivity contribution in [3.63, 3.8) is 0 Å². The van der Waals surface area contributed by atoms with Gasteiger partial charge in [0.2, 0.25) is 16.0 Å². The summed E-state index contributed by atoms with van der Waals surface area (Å²) in [6.45, 7) is 2.42. The molecule has 26 heavy (non-hydrogen) atoms. The number of hydrogen-bond acceptors (Lipinski definition) is 9. The highest BCUT2D eigenvalue weighted by molar-refractivity contribution is 7.15. The van der Waals surface area contributed by atoms with Gasteiger partial charge in [0, 0.05) is 24.3 Å². The molecule has 0 unspecified atom stereocenters. The molecule has 3 heterocycles. The molecule has 3 aromatic heterocycles. The molecule has 0 aliphatic carbocycles. The van der Waals surface area contributed by atoms with Gasteiger partial charge >= 0.3 is 0 Å². The Bertz CT molecular complexity index is 874. The molecule has 0 saturated heterocycles. The summed E-state index contributed by atoms with van der Waals surface area (Å²) < 4.78 is 0. The molecule has 8 nitrogen and oxygen atoms in total. The molecule has 11 heteroatoms. The zero-order valence-corrected chi connectivity index (χ0v) is 16.3. The Kier molecular flexibility index (Phi) is 6.36. The first-order valence-electron chi connectivity index (χ1n) is 7.83. The smallest absolute Gasteiger partial charge is 0.288 e. The molecule has 2 amide bonds. The third-order valence-electron chi connectivity index (χ3n) is 3.25. The first kappa shape index (κ1) is 18.5. The number of carbonyl (C=O) groups is 2. The highest BCUT2D eigenvalue weighted by Crippen LogP contribution is 2.17. The molecule has 0 fully saturated rings. The van der Waals surface area contributed by atoms with E-state index in [1.54, 1.807) is 11.3 Å². The van der Waals surface area contributed by atoms with E-state index >= 15 is 0 Å². The van der Waals surface area contributed by atoms with E-state index in [-0.39, 0.29) is 16.8 Å². The minimum atomic E-state index is -0.370. The molecule has 0 saturated carbocycles. The summed E-state index contributed by atoms with van der Waals surface area (Å²) in [6.07, 6.45) is 1.60. The molecule has 0 bridgehead atoms. The summed E-state index contributed by atoms with van der Waals surface area (Å²) in [5.41, 5.74) is 0. The van der Waals surface area contributed by atoms with Gasteiger partial charge in [0.1, 0.15) is 10.0 Å². The van der Waals surface area contributed by atoms with Gasteiger partial charge in [0.25, 0.3) is 5.91 Å². The molecule has 136 valence electrons. The third-order valence-corrected chi connectivity index (χ3v) is 5.92. The van der Waals surface area contributed by atoms with Crippen LogP contribution in [0.2, 0.25) is 0 Å². The highest BCUT2D eigenvalue weighted by atomic mass is 32.1. The Morgan fingerprint density at radius 3 is 2.73 bits per heavy atom. The Morgan fingerprint density at radius 1 is 1.12 bits per heavy atom. The second-order valence-electron chi connectivity index (χ2n) is 5.26. The van der Waals surface area contributed by atoms with E-state index in [2.05, 4.69) is 31.0 Å². The Labute approximate surface area is 161 Å². The van der Waals surface area contributed by atoms with Crippen molar-refractivity contribution in [2.75, 3.05) is 11.9 Å². The topological polar surface area (TPSA) is 110 Å². The van der Waals surface area contributed by atoms with Crippen LogP contribution in [0.3, 0.4) is 0 Å². The number of carbonyl (C=O) groups excluding carboxylic acids is 2. The first-order valence-corrected chi connectivity index (χ1v) is 10.3. The summed E-state index contributed by atoms with van der Waals surface area (Å²) >= 11 is 4.14. The van der Waals surface area contributed by atoms with E-state index in [1.165, 1.54) is 27.6 Å². The van der Waals surface area contributed by atoms with Gasteiger partial charge in [-0.15, -0.1) is 31.7 Å². The lowest BCUT2D eigenvalue weighted by molar-refractivity contribution is -0.121. The van der Waals surface area contributed by atoms with E-state index in [9.17, 15) is 9.59 Å². The van der Waals surface area contributed by atoms with Crippen LogP contribution in [0.25, 0.3) is 0 Å². The zero-order chi connectivity index (χ0) is 18.4. The number of nitrogens with zero attached hydrogens (tertiary/aromatic N) is 4. The molecule has 0 aliphatic heterocycles. The van der Waals surface area contributed by atoms with Crippen LogP contribution >= 0.6 is 34.0 Å². The van der Waals surface area contributed by atoms with Crippen molar-refractivity contribution in [1.82, 2.24) is 25.7 Å². The lowest BCUT2D eigenvalue weighted by Crippen LogP contribution is -2.25. The maximum absolute atomic E-state index is 12.1. The summed E-state index contributed by atoms with van der Waals surface area (Å²) in [5, 5.41) is 25.1. The van der Waals surface area contributed by atoms with Crippen molar-refractivity contribution in [2.24, 2.45) is 0 Å². The van der Waals surface area contributed by atoms with E-state index in [1.807, 2.05) is 24.4 Å². The van der Waals surface area contributed by atoms with Gasteiger partial charge in [0.15, 0.2) is 0 Å². The average Bonchev–Trinajstić information content (AvgIpc) is 3.35. The number of anilines is 1. The minimum Gasteiger partial charge on any atom is -0.356 e. The van der Waals surface area contributed by atoms with E-state index < -0.39 is 0 Å². The van der Waals surface area contributed by atoms with Crippen LogP contribution in [0, 0.1) is 6.92 Å². The zero-order valence-electron chi connectivity index (χ0n) is 13.9. The maximum Gasteiger partial charge on any atom is 0.288 e. The normalized spacial score (nSPS) is 10.7. The Hall–Kier alpha value is -2.24. The van der Waals surface area contributed by atoms with Gasteiger partial charge in [-0.05, 0) is 24.8 Å². The minimum absolute atomic E-state index is 0.0351. The molecule has 0 aliphatic rings. The maximum atomic E-state index is 12.1. The second-order valence-corrected chi connectivity index (χ2v) is 8.54. The van der Waals surface area contributed by atoms with Gasteiger partial charge < -0.3 is 5.32 Å². The predicted molar refractivity (Wildman–Crippen MR) is 102 cm³/mol. The van der Waals surface area contributed by atoms with Crippen LogP contribution in [-0.2, 0) is 17.6 Å². The number of thiophene rings is 1. The SMILES string of the molecule is Cc1nnc(NC(=O)c2nnc(CCC(=O)NCCc3cccs3)s2)s1. The van der Waals surface area contributed by atoms with Crippen LogP contribution in [0.1, 0.15) is 31.1 Å². The third kappa shape index (κ3) is 5.38. The second kappa shape index (κ2) is 8.92. The van der Waals surface area contributed by atoms with E-state index in [0.717, 1.165) is 11.4 Å². The average molecular weight is 409 g/mol. The standard InChI is InChI=1S/C15H16N6O2S3/c1-9-18-21-15(25-9)17-13(23)14-20-19-12(26-14)5-4-11(22)16-7-6-10-3-2-8-24-10/h2-3,8H,4-7H2,1H3,(H,16,22)(H,17,21,23). The van der Waals surface area contributed by atoms with Gasteiger partial charge in [0.05, 0.1) is 0 Å². The first-order chi connectivity index (χ1) is 12.6. The highest BCUT2D eigenvalue weighted by Gasteiger charge is 2.15. The van der Waals surface area contributed by atoms with Crippen LogP contribution in [-0.4, -0.2) is 38.8 Å². The molecule has 3 aromatic rings. The van der Waals surface area contributed by atoms with Gasteiger partial charge in [-0.2, -0.15) is 0 Å². The number of hydrogen-bond donors (Lipinski definition) is 2. The summed E-state index contributed by atoms with van der Waals surface area (Å²) in [6, 6.07) is 4.05. The van der Waals surface area contributed by atoms with Crippen LogP contribution in [0.5, 0.6) is 0 Å². The largest absolute Gasteiger partial charge is 0.356 e. The van der Waals surface area contributed by atoms with Crippen molar-refractivity contribution < 1.29 is 9.59 Å². The summed E-state index contributed by atoms with van der Waals surface area (Å²) in [4.78, 5) is 25.2. The fourth-order valence-corrected chi connectivity index (χ4v) is 4.06. The van der Waals surface area contributed by atoms with E-state index in [0.29, 0.717) is 29.5 Å². The number of nitrogens with one attached hydrogen (secondary N) is 2. The fraction of sp³-hybridized carbons (Fsp3) is 0.333. The molecule has 2 N–H and O–H groups in total. The van der Waals surface area contributed by atoms with Crippen LogP contribution < -0.4 is 10.6 Å². The lowest BCUT2D eigenvalue weighted by Gasteiger charge is -2.02. The van der Waals surface area contributed by atoms with E-state index in [4.69, 9.17) is 0 Å².